The van der Waals surface area contributed by atoms with Gasteiger partial charge in [-0.15, -0.1) is 0 Å². The Balaban J connectivity index is 1.59. The van der Waals surface area contributed by atoms with Crippen molar-refractivity contribution in [2.24, 2.45) is 0 Å². The Morgan fingerprint density at radius 2 is 1.69 bits per heavy atom. The van der Waals surface area contributed by atoms with Gasteiger partial charge >= 0.3 is 0 Å². The van der Waals surface area contributed by atoms with Crippen LogP contribution in [0.3, 0.4) is 0 Å². The molecule has 0 spiro atoms. The Morgan fingerprint density at radius 1 is 0.944 bits per heavy atom. The van der Waals surface area contributed by atoms with Crippen molar-refractivity contribution in [3.8, 4) is 17.2 Å². The number of hydrogen-bond acceptors (Lipinski definition) is 5. The molecule has 2 heterocycles. The van der Waals surface area contributed by atoms with Crippen molar-refractivity contribution in [1.82, 2.24) is 14.3 Å². The minimum atomic E-state index is -0.215. The van der Waals surface area contributed by atoms with E-state index in [9.17, 15) is 4.79 Å². The highest BCUT2D eigenvalue weighted by atomic mass is 16.5. The number of ether oxygens (including phenoxy) is 3. The molecule has 36 heavy (non-hydrogen) atoms. The Bertz CT molecular complexity index is 1350. The van der Waals surface area contributed by atoms with E-state index in [1.165, 1.54) is 0 Å². The first kappa shape index (κ1) is 25.1. The molecule has 0 aliphatic carbocycles. The summed E-state index contributed by atoms with van der Waals surface area (Å²) in [7, 11) is 6.75. The summed E-state index contributed by atoms with van der Waals surface area (Å²) >= 11 is 0. The van der Waals surface area contributed by atoms with Crippen LogP contribution in [0.5, 0.6) is 17.2 Å². The number of benzene rings is 2. The quantitative estimate of drug-likeness (QED) is 0.319. The minimum absolute atomic E-state index is 0.0508. The van der Waals surface area contributed by atoms with E-state index in [0.717, 1.165) is 33.9 Å². The third-order valence-electron chi connectivity index (χ3n) is 6.61. The standard InChI is InChI=1S/C29H33N3O4/c1-20-9-8-12-28-30-19-24(32(20)28)23(22-10-6-7-11-25(22)34-3)18-29(33)31(2)16-15-21-13-14-26(35-4)27(17-21)36-5/h6-14,17,19,23H,15-16,18H2,1-5H3. The fraction of sp³-hybridized carbons (Fsp3) is 0.310. The lowest BCUT2D eigenvalue weighted by molar-refractivity contribution is -0.130. The summed E-state index contributed by atoms with van der Waals surface area (Å²) in [6.07, 6.45) is 2.87. The smallest absolute Gasteiger partial charge is 0.223 e. The number of methoxy groups -OCH3 is 3. The first-order valence-electron chi connectivity index (χ1n) is 12.0. The summed E-state index contributed by atoms with van der Waals surface area (Å²) < 4.78 is 18.5. The number of carbonyl (C=O) groups excluding carboxylic acids is 1. The van der Waals surface area contributed by atoms with Gasteiger partial charge in [-0.25, -0.2) is 4.98 Å². The zero-order chi connectivity index (χ0) is 25.7. The number of nitrogens with zero attached hydrogens (tertiary/aromatic N) is 3. The maximum absolute atomic E-state index is 13.5. The van der Waals surface area contributed by atoms with Gasteiger partial charge in [0.05, 0.1) is 27.0 Å². The minimum Gasteiger partial charge on any atom is -0.496 e. The van der Waals surface area contributed by atoms with E-state index in [1.807, 2.05) is 67.8 Å². The van der Waals surface area contributed by atoms with Gasteiger partial charge < -0.3 is 23.5 Å². The van der Waals surface area contributed by atoms with E-state index < -0.39 is 0 Å². The summed E-state index contributed by atoms with van der Waals surface area (Å²) in [5.74, 6) is 1.96. The first-order chi connectivity index (χ1) is 17.5. The molecular weight excluding hydrogens is 454 g/mol. The van der Waals surface area contributed by atoms with Crippen LogP contribution in [0.15, 0.2) is 66.9 Å². The largest absolute Gasteiger partial charge is 0.496 e. The van der Waals surface area contributed by atoms with Crippen molar-refractivity contribution < 1.29 is 19.0 Å². The molecule has 0 fully saturated rings. The molecular formula is C29H33N3O4. The fourth-order valence-corrected chi connectivity index (χ4v) is 4.59. The van der Waals surface area contributed by atoms with Gasteiger partial charge in [-0.2, -0.15) is 0 Å². The maximum atomic E-state index is 13.5. The van der Waals surface area contributed by atoms with Gasteiger partial charge in [0, 0.05) is 43.4 Å². The molecule has 4 aromatic rings. The van der Waals surface area contributed by atoms with Crippen LogP contribution in [0.2, 0.25) is 0 Å². The van der Waals surface area contributed by atoms with Crippen molar-refractivity contribution >= 4 is 11.6 Å². The molecule has 1 atom stereocenters. The zero-order valence-electron chi connectivity index (χ0n) is 21.5. The number of pyridine rings is 1. The topological polar surface area (TPSA) is 65.3 Å². The SMILES string of the molecule is COc1ccc(CCN(C)C(=O)CC(c2ccccc2OC)c2cnc3cccc(C)n23)cc1OC. The molecule has 2 aromatic carbocycles. The summed E-state index contributed by atoms with van der Waals surface area (Å²) in [5, 5.41) is 0. The zero-order valence-corrected chi connectivity index (χ0v) is 21.5. The third kappa shape index (κ3) is 5.15. The Hall–Kier alpha value is -4.00. The number of imidazole rings is 1. The summed E-state index contributed by atoms with van der Waals surface area (Å²) in [6.45, 7) is 2.63. The van der Waals surface area contributed by atoms with Crippen LogP contribution < -0.4 is 14.2 Å². The molecule has 7 nitrogen and oxygen atoms in total. The highest BCUT2D eigenvalue weighted by Gasteiger charge is 2.26. The number of likely N-dealkylation sites (N-methyl/N-ethyl adjacent to an activating group) is 1. The van der Waals surface area contributed by atoms with E-state index >= 15 is 0 Å². The molecule has 188 valence electrons. The number of rotatable bonds is 10. The molecule has 0 bridgehead atoms. The van der Waals surface area contributed by atoms with E-state index in [2.05, 4.69) is 22.4 Å². The molecule has 0 aliphatic heterocycles. The Kier molecular flexibility index (Phi) is 7.78. The molecule has 0 radical (unpaired) electrons. The van der Waals surface area contributed by atoms with Crippen LogP contribution in [0.4, 0.5) is 0 Å². The molecule has 0 saturated carbocycles. The van der Waals surface area contributed by atoms with E-state index in [4.69, 9.17) is 14.2 Å². The van der Waals surface area contributed by atoms with Crippen LogP contribution in [0, 0.1) is 6.92 Å². The van der Waals surface area contributed by atoms with Gasteiger partial charge in [-0.3, -0.25) is 4.79 Å². The third-order valence-corrected chi connectivity index (χ3v) is 6.61. The average Bonchev–Trinajstić information content (AvgIpc) is 3.35. The highest BCUT2D eigenvalue weighted by Crippen LogP contribution is 2.35. The lowest BCUT2D eigenvalue weighted by atomic mass is 9.91. The number of hydrogen-bond donors (Lipinski definition) is 0. The number of carbonyl (C=O) groups is 1. The molecule has 0 aliphatic rings. The molecule has 0 N–H and O–H groups in total. The van der Waals surface area contributed by atoms with E-state index in [1.54, 1.807) is 26.2 Å². The number of amides is 1. The van der Waals surface area contributed by atoms with Crippen molar-refractivity contribution in [2.45, 2.75) is 25.7 Å². The second kappa shape index (κ2) is 11.2. The molecule has 7 heteroatoms. The monoisotopic (exact) mass is 487 g/mol. The molecule has 2 aromatic heterocycles. The predicted molar refractivity (Wildman–Crippen MR) is 140 cm³/mol. The van der Waals surface area contributed by atoms with Gasteiger partial charge in [0.1, 0.15) is 11.4 Å². The normalized spacial score (nSPS) is 11.8. The second-order valence-electron chi connectivity index (χ2n) is 8.80. The van der Waals surface area contributed by atoms with Gasteiger partial charge in [0.25, 0.3) is 0 Å². The number of para-hydroxylation sites is 1. The summed E-state index contributed by atoms with van der Waals surface area (Å²) in [6, 6.07) is 19.7. The van der Waals surface area contributed by atoms with Crippen LogP contribution in [-0.2, 0) is 11.2 Å². The Labute approximate surface area is 212 Å². The van der Waals surface area contributed by atoms with Crippen molar-refractivity contribution in [2.75, 3.05) is 34.9 Å². The van der Waals surface area contributed by atoms with Crippen molar-refractivity contribution in [3.63, 3.8) is 0 Å². The van der Waals surface area contributed by atoms with Gasteiger partial charge in [-0.1, -0.05) is 30.3 Å². The molecule has 1 unspecified atom stereocenters. The molecule has 0 saturated heterocycles. The van der Waals surface area contributed by atoms with E-state index in [0.29, 0.717) is 30.9 Å². The van der Waals surface area contributed by atoms with Gasteiger partial charge in [0.15, 0.2) is 11.5 Å². The van der Waals surface area contributed by atoms with Crippen molar-refractivity contribution in [3.05, 3.63) is 89.4 Å². The van der Waals surface area contributed by atoms with Crippen molar-refractivity contribution in [1.29, 1.82) is 0 Å². The van der Waals surface area contributed by atoms with Crippen LogP contribution in [0.1, 0.15) is 34.9 Å². The number of aromatic nitrogens is 2. The molecule has 4 rings (SSSR count). The lowest BCUT2D eigenvalue weighted by Crippen LogP contribution is -2.30. The number of aryl methyl sites for hydroxylation is 1. The lowest BCUT2D eigenvalue weighted by Gasteiger charge is -2.24. The maximum Gasteiger partial charge on any atom is 0.223 e. The fourth-order valence-electron chi connectivity index (χ4n) is 4.59. The van der Waals surface area contributed by atoms with Crippen LogP contribution in [0.25, 0.3) is 5.65 Å². The Morgan fingerprint density at radius 3 is 2.44 bits per heavy atom. The predicted octanol–water partition coefficient (Wildman–Crippen LogP) is 4.89. The average molecular weight is 488 g/mol. The van der Waals surface area contributed by atoms with E-state index in [-0.39, 0.29) is 11.8 Å². The highest BCUT2D eigenvalue weighted by molar-refractivity contribution is 5.77. The second-order valence-corrected chi connectivity index (χ2v) is 8.80. The first-order valence-corrected chi connectivity index (χ1v) is 12.0. The van der Waals surface area contributed by atoms with Crippen LogP contribution >= 0.6 is 0 Å². The molecule has 1 amide bonds. The van der Waals surface area contributed by atoms with Gasteiger partial charge in [-0.05, 0) is 49.2 Å². The number of fused-ring (bicyclic) bond motifs is 1. The van der Waals surface area contributed by atoms with Crippen LogP contribution in [-0.4, -0.2) is 55.1 Å². The summed E-state index contributed by atoms with van der Waals surface area (Å²) in [5.41, 5.74) is 4.93. The summed E-state index contributed by atoms with van der Waals surface area (Å²) in [4.78, 5) is 19.9. The van der Waals surface area contributed by atoms with Gasteiger partial charge in [0.2, 0.25) is 5.91 Å².